The van der Waals surface area contributed by atoms with Crippen LogP contribution < -0.4 is 10.2 Å². The highest BCUT2D eigenvalue weighted by Gasteiger charge is 2.31. The summed E-state index contributed by atoms with van der Waals surface area (Å²) in [5.74, 6) is 0.376. The van der Waals surface area contributed by atoms with E-state index in [9.17, 15) is 13.2 Å². The minimum Gasteiger partial charge on any atom is -0.371 e. The molecule has 1 atom stereocenters. The van der Waals surface area contributed by atoms with E-state index < -0.39 is 10.0 Å². The van der Waals surface area contributed by atoms with Crippen molar-refractivity contribution in [1.82, 2.24) is 9.62 Å². The van der Waals surface area contributed by atoms with Crippen molar-refractivity contribution in [3.8, 4) is 0 Å². The van der Waals surface area contributed by atoms with Gasteiger partial charge in [0.15, 0.2) is 0 Å². The molecule has 1 aromatic carbocycles. The van der Waals surface area contributed by atoms with Crippen LogP contribution in [0.4, 0.5) is 5.69 Å². The second kappa shape index (κ2) is 8.82. The zero-order chi connectivity index (χ0) is 20.3. The van der Waals surface area contributed by atoms with Crippen LogP contribution in [0, 0.1) is 5.92 Å². The third-order valence-electron chi connectivity index (χ3n) is 5.94. The molecular formula is C21H33N3O3S. The molecule has 0 unspecified atom stereocenters. The number of piperidine rings is 1. The van der Waals surface area contributed by atoms with Gasteiger partial charge in [-0.3, -0.25) is 4.79 Å². The lowest BCUT2D eigenvalue weighted by Crippen LogP contribution is -2.37. The molecule has 1 aliphatic heterocycles. The Labute approximate surface area is 169 Å². The molecule has 156 valence electrons. The van der Waals surface area contributed by atoms with Crippen LogP contribution >= 0.6 is 0 Å². The lowest BCUT2D eigenvalue weighted by molar-refractivity contribution is 0.0936. The molecule has 2 fully saturated rings. The quantitative estimate of drug-likeness (QED) is 0.718. The molecule has 1 aliphatic carbocycles. The number of carbonyl (C=O) groups excluding carboxylic acids is 1. The number of carbonyl (C=O) groups is 1. The molecule has 6 nitrogen and oxygen atoms in total. The summed E-state index contributed by atoms with van der Waals surface area (Å²) in [6, 6.07) is 5.16. The summed E-state index contributed by atoms with van der Waals surface area (Å²) < 4.78 is 27.4. The maximum atomic E-state index is 13.1. The van der Waals surface area contributed by atoms with Gasteiger partial charge in [0.25, 0.3) is 5.91 Å². The number of nitrogens with zero attached hydrogens (tertiary/aromatic N) is 2. The van der Waals surface area contributed by atoms with E-state index in [0.717, 1.165) is 44.5 Å². The van der Waals surface area contributed by atoms with Gasteiger partial charge in [-0.15, -0.1) is 0 Å². The number of sulfonamides is 1. The van der Waals surface area contributed by atoms with E-state index in [4.69, 9.17) is 0 Å². The van der Waals surface area contributed by atoms with Crippen LogP contribution in [0.15, 0.2) is 23.1 Å². The monoisotopic (exact) mass is 407 g/mol. The van der Waals surface area contributed by atoms with Gasteiger partial charge in [-0.1, -0.05) is 13.8 Å². The van der Waals surface area contributed by atoms with Gasteiger partial charge in [-0.05, 0) is 63.1 Å². The van der Waals surface area contributed by atoms with Crippen molar-refractivity contribution in [3.63, 3.8) is 0 Å². The van der Waals surface area contributed by atoms with Crippen LogP contribution in [0.2, 0.25) is 0 Å². The molecule has 0 bridgehead atoms. The molecule has 0 aromatic heterocycles. The average Bonchev–Trinajstić information content (AvgIpc) is 3.54. The summed E-state index contributed by atoms with van der Waals surface area (Å²) in [6.45, 7) is 8.32. The zero-order valence-corrected chi connectivity index (χ0v) is 18.1. The Morgan fingerprint density at radius 1 is 1.18 bits per heavy atom. The van der Waals surface area contributed by atoms with Crippen LogP contribution in [0.3, 0.4) is 0 Å². The van der Waals surface area contributed by atoms with Gasteiger partial charge in [0.05, 0.1) is 10.5 Å². The first-order valence-electron chi connectivity index (χ1n) is 10.6. The number of hydrogen-bond acceptors (Lipinski definition) is 4. The fourth-order valence-corrected chi connectivity index (χ4v) is 5.46. The van der Waals surface area contributed by atoms with Crippen LogP contribution in [0.5, 0.6) is 0 Å². The Bertz CT molecular complexity index is 795. The minimum atomic E-state index is -3.60. The van der Waals surface area contributed by atoms with Gasteiger partial charge < -0.3 is 10.2 Å². The van der Waals surface area contributed by atoms with Crippen molar-refractivity contribution < 1.29 is 13.2 Å². The highest BCUT2D eigenvalue weighted by Crippen LogP contribution is 2.33. The van der Waals surface area contributed by atoms with Gasteiger partial charge in [0, 0.05) is 37.9 Å². The Morgan fingerprint density at radius 2 is 1.82 bits per heavy atom. The summed E-state index contributed by atoms with van der Waals surface area (Å²) in [7, 11) is -3.60. The number of rotatable bonds is 8. The van der Waals surface area contributed by atoms with Crippen molar-refractivity contribution in [2.45, 2.75) is 63.8 Å². The largest absolute Gasteiger partial charge is 0.371 e. The van der Waals surface area contributed by atoms with Gasteiger partial charge >= 0.3 is 0 Å². The van der Waals surface area contributed by atoms with E-state index >= 15 is 0 Å². The summed E-state index contributed by atoms with van der Waals surface area (Å²) in [4.78, 5) is 15.5. The Morgan fingerprint density at radius 3 is 2.39 bits per heavy atom. The molecular weight excluding hydrogens is 374 g/mol. The van der Waals surface area contributed by atoms with E-state index in [1.165, 1.54) is 10.7 Å². The maximum Gasteiger partial charge on any atom is 0.253 e. The predicted octanol–water partition coefficient (Wildman–Crippen LogP) is 3.24. The Hall–Kier alpha value is -1.60. The molecule has 0 radical (unpaired) electrons. The molecule has 0 spiro atoms. The van der Waals surface area contributed by atoms with Gasteiger partial charge in [0.2, 0.25) is 10.0 Å². The van der Waals surface area contributed by atoms with Crippen LogP contribution in [-0.2, 0) is 10.0 Å². The van der Waals surface area contributed by atoms with Crippen molar-refractivity contribution in [2.75, 3.05) is 31.1 Å². The first-order valence-corrected chi connectivity index (χ1v) is 12.0. The SMILES string of the molecule is CCN(CC)S(=O)(=O)c1ccc(N2CCCCC2)c(C(=O)N[C@@H](C)C2CC2)c1. The standard InChI is InChI=1S/C21H33N3O3S/c1-4-24(5-2)28(26,27)18-11-12-20(23-13-7-6-8-14-23)19(15-18)21(25)22-16(3)17-9-10-17/h11-12,15-17H,4-10,13-14H2,1-3H3,(H,22,25)/t16-/m0/s1. The normalized spacial score (nSPS) is 18.9. The maximum absolute atomic E-state index is 13.1. The Balaban J connectivity index is 1.97. The first kappa shape index (κ1) is 21.1. The molecule has 3 rings (SSSR count). The van der Waals surface area contributed by atoms with Crippen LogP contribution in [0.25, 0.3) is 0 Å². The summed E-state index contributed by atoms with van der Waals surface area (Å²) in [5, 5.41) is 3.10. The van der Waals surface area contributed by atoms with E-state index in [1.807, 2.05) is 26.8 Å². The van der Waals surface area contributed by atoms with E-state index in [-0.39, 0.29) is 16.8 Å². The third-order valence-corrected chi connectivity index (χ3v) is 7.99. The highest BCUT2D eigenvalue weighted by atomic mass is 32.2. The van der Waals surface area contributed by atoms with Crippen LogP contribution in [-0.4, -0.2) is 50.9 Å². The molecule has 2 aliphatic rings. The second-order valence-corrected chi connectivity index (χ2v) is 9.85. The number of hydrogen-bond donors (Lipinski definition) is 1. The molecule has 28 heavy (non-hydrogen) atoms. The van der Waals surface area contributed by atoms with Crippen molar-refractivity contribution in [1.29, 1.82) is 0 Å². The lowest BCUT2D eigenvalue weighted by Gasteiger charge is -2.31. The second-order valence-electron chi connectivity index (χ2n) is 7.92. The fraction of sp³-hybridized carbons (Fsp3) is 0.667. The van der Waals surface area contributed by atoms with E-state index in [1.54, 1.807) is 12.1 Å². The average molecular weight is 408 g/mol. The van der Waals surface area contributed by atoms with E-state index in [2.05, 4.69) is 10.2 Å². The molecule has 1 saturated carbocycles. The summed E-state index contributed by atoms with van der Waals surface area (Å²) >= 11 is 0. The van der Waals surface area contributed by atoms with Crippen molar-refractivity contribution in [3.05, 3.63) is 23.8 Å². The van der Waals surface area contributed by atoms with Gasteiger partial charge in [-0.25, -0.2) is 8.42 Å². The smallest absolute Gasteiger partial charge is 0.253 e. The van der Waals surface area contributed by atoms with Crippen LogP contribution in [0.1, 0.15) is 63.2 Å². The zero-order valence-electron chi connectivity index (χ0n) is 17.3. The van der Waals surface area contributed by atoms with Crippen molar-refractivity contribution in [2.24, 2.45) is 5.92 Å². The highest BCUT2D eigenvalue weighted by molar-refractivity contribution is 7.89. The first-order chi connectivity index (χ1) is 13.4. The molecule has 1 N–H and O–H groups in total. The van der Waals surface area contributed by atoms with Gasteiger partial charge in [0.1, 0.15) is 0 Å². The Kier molecular flexibility index (Phi) is 6.65. The summed E-state index contributed by atoms with van der Waals surface area (Å²) in [6.07, 6.45) is 5.69. The lowest BCUT2D eigenvalue weighted by atomic mass is 10.1. The van der Waals surface area contributed by atoms with Gasteiger partial charge in [-0.2, -0.15) is 4.31 Å². The molecule has 7 heteroatoms. The summed E-state index contributed by atoms with van der Waals surface area (Å²) in [5.41, 5.74) is 1.32. The minimum absolute atomic E-state index is 0.116. The predicted molar refractivity (Wildman–Crippen MR) is 112 cm³/mol. The molecule has 1 saturated heterocycles. The van der Waals surface area contributed by atoms with E-state index in [0.29, 0.717) is 24.6 Å². The van der Waals surface area contributed by atoms with Crippen molar-refractivity contribution >= 4 is 21.6 Å². The molecule has 1 aromatic rings. The molecule has 1 amide bonds. The third kappa shape index (κ3) is 4.51. The number of amides is 1. The number of benzene rings is 1. The molecule has 1 heterocycles. The number of anilines is 1. The fourth-order valence-electron chi connectivity index (χ4n) is 3.98. The number of nitrogens with one attached hydrogen (secondary N) is 1. The topological polar surface area (TPSA) is 69.7 Å².